The van der Waals surface area contributed by atoms with Crippen LogP contribution in [-0.4, -0.2) is 22.0 Å². The van der Waals surface area contributed by atoms with E-state index in [9.17, 15) is 9.59 Å². The number of amides is 1. The first-order valence-corrected chi connectivity index (χ1v) is 6.06. The van der Waals surface area contributed by atoms with Gasteiger partial charge in [0, 0.05) is 24.9 Å². The van der Waals surface area contributed by atoms with E-state index >= 15 is 0 Å². The van der Waals surface area contributed by atoms with Crippen molar-refractivity contribution in [2.24, 2.45) is 11.8 Å². The molecule has 1 aliphatic rings. The van der Waals surface area contributed by atoms with Gasteiger partial charge in [-0.15, -0.1) is 0 Å². The van der Waals surface area contributed by atoms with E-state index in [-0.39, 0.29) is 17.7 Å². The van der Waals surface area contributed by atoms with E-state index in [4.69, 9.17) is 5.11 Å². The lowest BCUT2D eigenvalue weighted by Crippen LogP contribution is -2.29. The third kappa shape index (κ3) is 3.06. The Morgan fingerprint density at radius 1 is 1.28 bits per heavy atom. The van der Waals surface area contributed by atoms with Crippen LogP contribution in [0.4, 0.5) is 0 Å². The summed E-state index contributed by atoms with van der Waals surface area (Å²) in [6.07, 6.45) is 5.08. The molecular weight excluding hydrogens is 232 g/mol. The average Bonchev–Trinajstić information content (AvgIpc) is 2.87. The first-order chi connectivity index (χ1) is 8.66. The van der Waals surface area contributed by atoms with Crippen LogP contribution in [0, 0.1) is 11.8 Å². The van der Waals surface area contributed by atoms with Crippen molar-refractivity contribution in [3.05, 3.63) is 30.1 Å². The lowest BCUT2D eigenvalue weighted by atomic mass is 10.0. The van der Waals surface area contributed by atoms with Crippen LogP contribution in [0.5, 0.6) is 0 Å². The molecule has 1 aromatic rings. The number of nitrogens with one attached hydrogen (secondary N) is 1. The van der Waals surface area contributed by atoms with Gasteiger partial charge >= 0.3 is 5.97 Å². The van der Waals surface area contributed by atoms with E-state index < -0.39 is 5.97 Å². The van der Waals surface area contributed by atoms with Crippen molar-refractivity contribution in [2.75, 3.05) is 0 Å². The number of hydrogen-bond acceptors (Lipinski definition) is 3. The van der Waals surface area contributed by atoms with Gasteiger partial charge in [-0.3, -0.25) is 14.6 Å². The zero-order valence-electron chi connectivity index (χ0n) is 10.0. The molecule has 2 N–H and O–H groups in total. The number of hydrogen-bond donors (Lipinski definition) is 2. The molecule has 1 heterocycles. The van der Waals surface area contributed by atoms with Gasteiger partial charge in [0.15, 0.2) is 0 Å². The SMILES string of the molecule is O=C(O)[C@H]1CC[C@@H](C(=O)NCc2ccncc2)C1. The summed E-state index contributed by atoms with van der Waals surface area (Å²) in [6.45, 7) is 0.468. The van der Waals surface area contributed by atoms with Gasteiger partial charge in [-0.2, -0.15) is 0 Å². The molecule has 0 aliphatic heterocycles. The number of carboxylic acids is 1. The number of nitrogens with zero attached hydrogens (tertiary/aromatic N) is 1. The predicted molar refractivity (Wildman–Crippen MR) is 64.6 cm³/mol. The van der Waals surface area contributed by atoms with Crippen molar-refractivity contribution in [3.63, 3.8) is 0 Å². The smallest absolute Gasteiger partial charge is 0.306 e. The minimum absolute atomic E-state index is 0.0458. The lowest BCUT2D eigenvalue weighted by Gasteiger charge is -2.10. The Balaban J connectivity index is 1.81. The van der Waals surface area contributed by atoms with E-state index in [2.05, 4.69) is 10.3 Å². The molecule has 0 spiro atoms. The number of carboxylic acid groups (broad SMARTS) is 1. The maximum atomic E-state index is 11.9. The largest absolute Gasteiger partial charge is 0.481 e. The normalized spacial score (nSPS) is 22.7. The van der Waals surface area contributed by atoms with Crippen LogP contribution in [0.15, 0.2) is 24.5 Å². The third-order valence-corrected chi connectivity index (χ3v) is 3.37. The second-order valence-corrected chi connectivity index (χ2v) is 4.62. The van der Waals surface area contributed by atoms with Gasteiger partial charge in [0.05, 0.1) is 5.92 Å². The fourth-order valence-electron chi connectivity index (χ4n) is 2.28. The molecule has 0 radical (unpaired) electrons. The van der Waals surface area contributed by atoms with Gasteiger partial charge < -0.3 is 10.4 Å². The molecule has 5 heteroatoms. The molecule has 2 atom stereocenters. The number of aromatic nitrogens is 1. The molecule has 1 fully saturated rings. The van der Waals surface area contributed by atoms with Gasteiger partial charge in [-0.25, -0.2) is 0 Å². The maximum absolute atomic E-state index is 11.9. The van der Waals surface area contributed by atoms with Gasteiger partial charge in [-0.05, 0) is 37.0 Å². The first-order valence-electron chi connectivity index (χ1n) is 6.06. The Morgan fingerprint density at radius 3 is 2.56 bits per heavy atom. The molecule has 1 saturated carbocycles. The molecule has 1 aliphatic carbocycles. The van der Waals surface area contributed by atoms with Crippen molar-refractivity contribution in [1.82, 2.24) is 10.3 Å². The second kappa shape index (κ2) is 5.62. The monoisotopic (exact) mass is 248 g/mol. The van der Waals surface area contributed by atoms with Crippen LogP contribution >= 0.6 is 0 Å². The van der Waals surface area contributed by atoms with E-state index in [0.717, 1.165) is 5.56 Å². The number of pyridine rings is 1. The molecule has 96 valence electrons. The van der Waals surface area contributed by atoms with Crippen LogP contribution in [0.3, 0.4) is 0 Å². The Bertz CT molecular complexity index is 433. The molecule has 1 amide bonds. The Morgan fingerprint density at radius 2 is 1.94 bits per heavy atom. The molecule has 0 bridgehead atoms. The Hall–Kier alpha value is -1.91. The molecular formula is C13H16N2O3. The summed E-state index contributed by atoms with van der Waals surface area (Å²) >= 11 is 0. The van der Waals surface area contributed by atoms with Gasteiger partial charge in [-0.1, -0.05) is 0 Å². The Labute approximate surface area is 105 Å². The fourth-order valence-corrected chi connectivity index (χ4v) is 2.28. The van der Waals surface area contributed by atoms with Crippen LogP contribution in [-0.2, 0) is 16.1 Å². The minimum atomic E-state index is -0.792. The number of aliphatic carboxylic acids is 1. The van der Waals surface area contributed by atoms with Crippen molar-refractivity contribution in [3.8, 4) is 0 Å². The highest BCUT2D eigenvalue weighted by Crippen LogP contribution is 2.31. The zero-order valence-corrected chi connectivity index (χ0v) is 10.0. The molecule has 0 saturated heterocycles. The van der Waals surface area contributed by atoms with Crippen LogP contribution in [0.2, 0.25) is 0 Å². The maximum Gasteiger partial charge on any atom is 0.306 e. The zero-order chi connectivity index (χ0) is 13.0. The predicted octanol–water partition coefficient (Wildman–Crippen LogP) is 1.20. The topological polar surface area (TPSA) is 79.3 Å². The van der Waals surface area contributed by atoms with Crippen molar-refractivity contribution < 1.29 is 14.7 Å². The summed E-state index contributed by atoms with van der Waals surface area (Å²) in [5, 5.41) is 11.7. The number of rotatable bonds is 4. The summed E-state index contributed by atoms with van der Waals surface area (Å²) in [5.74, 6) is -1.36. The van der Waals surface area contributed by atoms with Gasteiger partial charge in [0.2, 0.25) is 5.91 Å². The molecule has 5 nitrogen and oxygen atoms in total. The molecule has 2 rings (SSSR count). The second-order valence-electron chi connectivity index (χ2n) is 4.62. The van der Waals surface area contributed by atoms with E-state index in [1.165, 1.54) is 0 Å². The molecule has 0 unspecified atom stereocenters. The third-order valence-electron chi connectivity index (χ3n) is 3.37. The highest BCUT2D eigenvalue weighted by Gasteiger charge is 2.33. The van der Waals surface area contributed by atoms with E-state index in [1.807, 2.05) is 12.1 Å². The number of carbonyl (C=O) groups excluding carboxylic acids is 1. The lowest BCUT2D eigenvalue weighted by molar-refractivity contribution is -0.141. The molecule has 18 heavy (non-hydrogen) atoms. The van der Waals surface area contributed by atoms with Crippen molar-refractivity contribution in [2.45, 2.75) is 25.8 Å². The van der Waals surface area contributed by atoms with E-state index in [0.29, 0.717) is 25.8 Å². The summed E-state index contributed by atoms with van der Waals surface area (Å²) in [6, 6.07) is 3.68. The Kier molecular flexibility index (Phi) is 3.92. The fraction of sp³-hybridized carbons (Fsp3) is 0.462. The summed E-state index contributed by atoms with van der Waals surface area (Å²) in [7, 11) is 0. The van der Waals surface area contributed by atoms with Crippen LogP contribution < -0.4 is 5.32 Å². The minimum Gasteiger partial charge on any atom is -0.481 e. The van der Waals surface area contributed by atoms with Crippen LogP contribution in [0.25, 0.3) is 0 Å². The quantitative estimate of drug-likeness (QED) is 0.839. The summed E-state index contributed by atoms with van der Waals surface area (Å²) < 4.78 is 0. The molecule has 0 aromatic carbocycles. The summed E-state index contributed by atoms with van der Waals surface area (Å²) in [4.78, 5) is 26.6. The first kappa shape index (κ1) is 12.5. The standard InChI is InChI=1S/C13H16N2O3/c16-12(10-1-2-11(7-10)13(17)18)15-8-9-3-5-14-6-4-9/h3-6,10-11H,1-2,7-8H2,(H,15,16)(H,17,18)/t10-,11+/m1/s1. The van der Waals surface area contributed by atoms with Gasteiger partial charge in [0.1, 0.15) is 0 Å². The highest BCUT2D eigenvalue weighted by molar-refractivity contribution is 5.80. The van der Waals surface area contributed by atoms with E-state index in [1.54, 1.807) is 12.4 Å². The average molecular weight is 248 g/mol. The van der Waals surface area contributed by atoms with Crippen LogP contribution in [0.1, 0.15) is 24.8 Å². The summed E-state index contributed by atoms with van der Waals surface area (Å²) in [5.41, 5.74) is 0.992. The van der Waals surface area contributed by atoms with Gasteiger partial charge in [0.25, 0.3) is 0 Å². The highest BCUT2D eigenvalue weighted by atomic mass is 16.4. The van der Waals surface area contributed by atoms with Crippen molar-refractivity contribution >= 4 is 11.9 Å². The number of carbonyl (C=O) groups is 2. The molecule has 1 aromatic heterocycles. The van der Waals surface area contributed by atoms with Crippen molar-refractivity contribution in [1.29, 1.82) is 0 Å².